The van der Waals surface area contributed by atoms with Crippen molar-refractivity contribution in [1.82, 2.24) is 15.2 Å². The summed E-state index contributed by atoms with van der Waals surface area (Å²) in [6.45, 7) is 11.3. The van der Waals surface area contributed by atoms with E-state index in [-0.39, 0.29) is 0 Å². The van der Waals surface area contributed by atoms with Gasteiger partial charge in [0.2, 0.25) is 0 Å². The summed E-state index contributed by atoms with van der Waals surface area (Å²) in [5.74, 6) is 0.984. The van der Waals surface area contributed by atoms with Crippen molar-refractivity contribution in [2.24, 2.45) is 0 Å². The molecule has 2 heterocycles. The quantitative estimate of drug-likeness (QED) is 0.917. The molecule has 2 aromatic rings. The van der Waals surface area contributed by atoms with E-state index in [0.29, 0.717) is 12.6 Å². The zero-order chi connectivity index (χ0) is 16.9. The number of ether oxygens (including phenoxy) is 1. The molecule has 0 spiro atoms. The van der Waals surface area contributed by atoms with Gasteiger partial charge >= 0.3 is 0 Å². The lowest BCUT2D eigenvalue weighted by atomic mass is 10.0. The first-order valence-corrected chi connectivity index (χ1v) is 8.70. The number of aryl methyl sites for hydroxylation is 2. The minimum atomic E-state index is 0.511. The van der Waals surface area contributed by atoms with Crippen LogP contribution in [0.25, 0.3) is 0 Å². The van der Waals surface area contributed by atoms with E-state index in [9.17, 15) is 0 Å². The van der Waals surface area contributed by atoms with Crippen molar-refractivity contribution in [3.8, 4) is 5.75 Å². The van der Waals surface area contributed by atoms with Crippen LogP contribution in [-0.2, 0) is 13.2 Å². The summed E-state index contributed by atoms with van der Waals surface area (Å²) >= 11 is 0. The van der Waals surface area contributed by atoms with Gasteiger partial charge in [-0.1, -0.05) is 18.2 Å². The Hall–Kier alpha value is -1.91. The Balaban J connectivity index is 1.66. The molecule has 128 valence electrons. The van der Waals surface area contributed by atoms with Crippen LogP contribution in [0.4, 0.5) is 0 Å². The summed E-state index contributed by atoms with van der Waals surface area (Å²) in [4.78, 5) is 6.84. The maximum absolute atomic E-state index is 6.03. The number of piperazine rings is 1. The van der Waals surface area contributed by atoms with E-state index in [2.05, 4.69) is 48.1 Å². The molecular formula is C20H27N3O. The number of benzene rings is 1. The second-order valence-corrected chi connectivity index (χ2v) is 6.76. The Morgan fingerprint density at radius 1 is 1.25 bits per heavy atom. The summed E-state index contributed by atoms with van der Waals surface area (Å²) in [6.07, 6.45) is 1.80. The van der Waals surface area contributed by atoms with Gasteiger partial charge in [0.15, 0.2) is 0 Å². The predicted molar refractivity (Wildman–Crippen MR) is 97.2 cm³/mol. The first-order chi connectivity index (χ1) is 11.6. The van der Waals surface area contributed by atoms with Crippen molar-refractivity contribution in [3.63, 3.8) is 0 Å². The molecule has 1 aromatic heterocycles. The number of rotatable bonds is 5. The molecule has 0 radical (unpaired) electrons. The molecule has 0 amide bonds. The first kappa shape index (κ1) is 16.9. The molecule has 1 atom stereocenters. The van der Waals surface area contributed by atoms with Gasteiger partial charge in [0, 0.05) is 38.4 Å². The van der Waals surface area contributed by atoms with E-state index in [1.54, 1.807) is 6.20 Å². The Kier molecular flexibility index (Phi) is 5.48. The van der Waals surface area contributed by atoms with Crippen LogP contribution in [0.2, 0.25) is 0 Å². The van der Waals surface area contributed by atoms with E-state index in [4.69, 9.17) is 4.74 Å². The zero-order valence-electron chi connectivity index (χ0n) is 14.9. The summed E-state index contributed by atoms with van der Waals surface area (Å²) in [5.41, 5.74) is 4.72. The van der Waals surface area contributed by atoms with Crippen LogP contribution in [0.15, 0.2) is 36.5 Å². The van der Waals surface area contributed by atoms with Crippen molar-refractivity contribution in [1.29, 1.82) is 0 Å². The van der Waals surface area contributed by atoms with E-state index >= 15 is 0 Å². The average molecular weight is 325 g/mol. The highest BCUT2D eigenvalue weighted by molar-refractivity contribution is 5.43. The molecule has 1 aliphatic heterocycles. The highest BCUT2D eigenvalue weighted by Gasteiger charge is 2.16. The molecule has 0 saturated carbocycles. The van der Waals surface area contributed by atoms with Crippen LogP contribution in [0.3, 0.4) is 0 Å². The topological polar surface area (TPSA) is 37.4 Å². The number of nitrogens with zero attached hydrogens (tertiary/aromatic N) is 2. The third-order valence-corrected chi connectivity index (χ3v) is 4.47. The molecule has 1 aliphatic rings. The third-order valence-electron chi connectivity index (χ3n) is 4.47. The monoisotopic (exact) mass is 325 g/mol. The second kappa shape index (κ2) is 7.77. The van der Waals surface area contributed by atoms with E-state index in [1.165, 1.54) is 16.7 Å². The Labute approximate surface area is 144 Å². The van der Waals surface area contributed by atoms with E-state index in [0.717, 1.165) is 37.6 Å². The molecule has 1 aromatic carbocycles. The van der Waals surface area contributed by atoms with Gasteiger partial charge in [0.25, 0.3) is 0 Å². The number of hydrogen-bond acceptors (Lipinski definition) is 4. The summed E-state index contributed by atoms with van der Waals surface area (Å²) in [7, 11) is 0. The molecule has 1 saturated heterocycles. The maximum Gasteiger partial charge on any atom is 0.130 e. The first-order valence-electron chi connectivity index (χ1n) is 8.70. The third kappa shape index (κ3) is 4.34. The largest absolute Gasteiger partial charge is 0.487 e. The summed E-state index contributed by atoms with van der Waals surface area (Å²) in [6, 6.07) is 11.0. The number of pyridine rings is 1. The molecule has 4 nitrogen and oxygen atoms in total. The molecule has 1 N–H and O–H groups in total. The van der Waals surface area contributed by atoms with Gasteiger partial charge in [-0.05, 0) is 49.6 Å². The maximum atomic E-state index is 6.03. The van der Waals surface area contributed by atoms with Crippen molar-refractivity contribution in [2.75, 3.05) is 19.6 Å². The van der Waals surface area contributed by atoms with Gasteiger partial charge in [-0.3, -0.25) is 9.88 Å². The van der Waals surface area contributed by atoms with Crippen LogP contribution in [-0.4, -0.2) is 35.6 Å². The lowest BCUT2D eigenvalue weighted by molar-refractivity contribution is 0.199. The average Bonchev–Trinajstić information content (AvgIpc) is 2.55. The smallest absolute Gasteiger partial charge is 0.130 e. The Bertz CT molecular complexity index is 649. The van der Waals surface area contributed by atoms with Crippen LogP contribution in [0, 0.1) is 13.8 Å². The number of aromatic nitrogens is 1. The molecule has 3 rings (SSSR count). The van der Waals surface area contributed by atoms with Crippen LogP contribution >= 0.6 is 0 Å². The lowest BCUT2D eigenvalue weighted by Gasteiger charge is -2.32. The molecular weight excluding hydrogens is 298 g/mol. The summed E-state index contributed by atoms with van der Waals surface area (Å²) < 4.78 is 6.03. The van der Waals surface area contributed by atoms with Crippen LogP contribution < -0.4 is 10.1 Å². The fraction of sp³-hybridized carbons (Fsp3) is 0.450. The molecule has 0 unspecified atom stereocenters. The Morgan fingerprint density at radius 3 is 2.71 bits per heavy atom. The van der Waals surface area contributed by atoms with E-state index < -0.39 is 0 Å². The zero-order valence-corrected chi connectivity index (χ0v) is 14.9. The normalized spacial score (nSPS) is 18.5. The van der Waals surface area contributed by atoms with E-state index in [1.807, 2.05) is 18.2 Å². The van der Waals surface area contributed by atoms with Gasteiger partial charge in [-0.25, -0.2) is 0 Å². The molecule has 0 bridgehead atoms. The number of hydrogen-bond donors (Lipinski definition) is 1. The molecule has 0 aliphatic carbocycles. The highest BCUT2D eigenvalue weighted by Crippen LogP contribution is 2.26. The lowest BCUT2D eigenvalue weighted by Crippen LogP contribution is -2.48. The predicted octanol–water partition coefficient (Wildman–Crippen LogP) is 3.07. The van der Waals surface area contributed by atoms with Crippen molar-refractivity contribution in [2.45, 2.75) is 40.0 Å². The van der Waals surface area contributed by atoms with Gasteiger partial charge in [0.1, 0.15) is 12.4 Å². The standard InChI is InChI=1S/C20H27N3O/c1-15-10-18(13-23-9-8-21-17(3)12-23)11-16(2)20(15)24-14-19-6-4-5-7-22-19/h4-7,10-11,17,21H,8-9,12-14H2,1-3H3/t17-/m1/s1. The SMILES string of the molecule is Cc1cc(CN2CCN[C@H](C)C2)cc(C)c1OCc1ccccn1. The molecule has 1 fully saturated rings. The van der Waals surface area contributed by atoms with Crippen LogP contribution in [0.5, 0.6) is 5.75 Å². The van der Waals surface area contributed by atoms with Crippen molar-refractivity contribution < 1.29 is 4.74 Å². The van der Waals surface area contributed by atoms with Crippen LogP contribution in [0.1, 0.15) is 29.3 Å². The minimum Gasteiger partial charge on any atom is -0.487 e. The second-order valence-electron chi connectivity index (χ2n) is 6.76. The fourth-order valence-corrected chi connectivity index (χ4v) is 3.40. The van der Waals surface area contributed by atoms with Gasteiger partial charge in [0.05, 0.1) is 5.69 Å². The molecule has 4 heteroatoms. The minimum absolute atomic E-state index is 0.511. The fourth-order valence-electron chi connectivity index (χ4n) is 3.40. The molecule has 24 heavy (non-hydrogen) atoms. The van der Waals surface area contributed by atoms with Crippen molar-refractivity contribution in [3.05, 3.63) is 58.9 Å². The van der Waals surface area contributed by atoms with Gasteiger partial charge < -0.3 is 10.1 Å². The van der Waals surface area contributed by atoms with Crippen molar-refractivity contribution >= 4 is 0 Å². The Morgan fingerprint density at radius 2 is 2.04 bits per heavy atom. The number of nitrogens with one attached hydrogen (secondary N) is 1. The van der Waals surface area contributed by atoms with Gasteiger partial charge in [-0.2, -0.15) is 0 Å². The summed E-state index contributed by atoms with van der Waals surface area (Å²) in [5, 5.41) is 3.49. The highest BCUT2D eigenvalue weighted by atomic mass is 16.5. The van der Waals surface area contributed by atoms with Gasteiger partial charge in [-0.15, -0.1) is 0 Å².